The van der Waals surface area contributed by atoms with Crippen molar-refractivity contribution >= 4 is 17.9 Å². The summed E-state index contributed by atoms with van der Waals surface area (Å²) in [5.41, 5.74) is 0. The first-order chi connectivity index (χ1) is 41.0. The lowest BCUT2D eigenvalue weighted by atomic mass is 10.0. The molecule has 6 heteroatoms. The molecular weight excluding hydrogens is 1020 g/mol. The smallest absolute Gasteiger partial charge is 0.306 e. The molecule has 0 aromatic carbocycles. The Morgan fingerprint density at radius 1 is 0.253 bits per heavy atom. The number of carbonyl (C=O) groups excluding carboxylic acids is 3. The monoisotopic (exact) mass is 1160 g/mol. The fraction of sp³-hybridized carbons (Fsp3) is 0.779. The Labute approximate surface area is 515 Å². The molecule has 0 rings (SSSR count). The first-order valence-corrected chi connectivity index (χ1v) is 36.1. The largest absolute Gasteiger partial charge is 0.462 e. The molecule has 6 nitrogen and oxygen atoms in total. The van der Waals surface area contributed by atoms with Gasteiger partial charge in [-0.15, -0.1) is 0 Å². The average molecular weight is 1160 g/mol. The van der Waals surface area contributed by atoms with Crippen molar-refractivity contribution < 1.29 is 28.6 Å². The van der Waals surface area contributed by atoms with Gasteiger partial charge in [-0.3, -0.25) is 14.4 Å². The number of hydrogen-bond acceptors (Lipinski definition) is 6. The standard InChI is InChI=1S/C77H136O6/c1-4-7-10-13-16-19-22-25-27-29-31-33-34-35-36-37-38-39-40-41-42-44-45-47-49-52-55-58-61-64-67-70-76(79)82-73-74(72-81-75(78)69-66-63-60-57-54-51-24-21-18-15-12-9-6-3)83-77(80)71-68-65-62-59-56-53-50-48-46-43-32-30-28-26-23-20-17-14-11-8-5-2/h8,11,17,20,22,25-26,28-29,31-32,34-35,43,74H,4-7,9-10,12-16,18-19,21,23-24,27,30,33,36-42,44-73H2,1-3H3/b11-8-,20-17-,25-22-,28-26-,31-29-,35-34-,43-32-. The highest BCUT2D eigenvalue weighted by molar-refractivity contribution is 5.71. The summed E-state index contributed by atoms with van der Waals surface area (Å²) in [4.78, 5) is 38.4. The zero-order chi connectivity index (χ0) is 59.9. The zero-order valence-electron chi connectivity index (χ0n) is 55.2. The summed E-state index contributed by atoms with van der Waals surface area (Å²) in [6, 6.07) is 0. The molecule has 0 aliphatic heterocycles. The third kappa shape index (κ3) is 69.3. The molecule has 0 aliphatic carbocycles. The zero-order valence-corrected chi connectivity index (χ0v) is 55.2. The van der Waals surface area contributed by atoms with E-state index in [0.29, 0.717) is 19.3 Å². The number of esters is 3. The summed E-state index contributed by atoms with van der Waals surface area (Å²) in [5.74, 6) is -0.863. The summed E-state index contributed by atoms with van der Waals surface area (Å²) in [6.07, 6.45) is 94.7. The SMILES string of the molecule is CC/C=C\C/C=C\C/C=C\C/C=C\CCCCCCCCCCC(=O)OC(COC(=O)CCCCCCCCCCCCCCC)COC(=O)CCCCCCCCCCCCCCCCCC/C=C\C/C=C\C/C=C\CCCCCCC. The average Bonchev–Trinajstić information content (AvgIpc) is 3.49. The minimum absolute atomic E-state index is 0.0753. The maximum absolute atomic E-state index is 12.9. The summed E-state index contributed by atoms with van der Waals surface area (Å²) in [6.45, 7) is 6.56. The molecule has 0 aromatic heterocycles. The Morgan fingerprint density at radius 3 is 0.735 bits per heavy atom. The summed E-state index contributed by atoms with van der Waals surface area (Å²) < 4.78 is 17.0. The van der Waals surface area contributed by atoms with Crippen molar-refractivity contribution in [2.45, 2.75) is 374 Å². The molecule has 0 radical (unpaired) electrons. The Morgan fingerprint density at radius 2 is 0.470 bits per heavy atom. The van der Waals surface area contributed by atoms with Crippen LogP contribution >= 0.6 is 0 Å². The van der Waals surface area contributed by atoms with Crippen molar-refractivity contribution in [3.05, 3.63) is 85.1 Å². The van der Waals surface area contributed by atoms with Crippen LogP contribution in [-0.2, 0) is 28.6 Å². The molecule has 0 bridgehead atoms. The van der Waals surface area contributed by atoms with Crippen LogP contribution < -0.4 is 0 Å². The van der Waals surface area contributed by atoms with Crippen LogP contribution in [0.5, 0.6) is 0 Å². The van der Waals surface area contributed by atoms with Gasteiger partial charge in [0.15, 0.2) is 6.10 Å². The molecule has 1 atom stereocenters. The molecular formula is C77H136O6. The molecule has 0 fully saturated rings. The van der Waals surface area contributed by atoms with E-state index in [4.69, 9.17) is 14.2 Å². The van der Waals surface area contributed by atoms with Crippen molar-refractivity contribution in [2.24, 2.45) is 0 Å². The van der Waals surface area contributed by atoms with Gasteiger partial charge in [0.05, 0.1) is 0 Å². The molecule has 0 amide bonds. The first kappa shape index (κ1) is 79.6. The van der Waals surface area contributed by atoms with Crippen LogP contribution in [0.15, 0.2) is 85.1 Å². The highest BCUT2D eigenvalue weighted by Gasteiger charge is 2.19. The van der Waals surface area contributed by atoms with Gasteiger partial charge in [0.2, 0.25) is 0 Å². The van der Waals surface area contributed by atoms with Gasteiger partial charge in [0.25, 0.3) is 0 Å². The van der Waals surface area contributed by atoms with Crippen LogP contribution in [0.1, 0.15) is 367 Å². The molecule has 0 aromatic rings. The molecule has 0 aliphatic rings. The predicted molar refractivity (Wildman–Crippen MR) is 362 cm³/mol. The van der Waals surface area contributed by atoms with Crippen molar-refractivity contribution in [2.75, 3.05) is 13.2 Å². The lowest BCUT2D eigenvalue weighted by Gasteiger charge is -2.18. The van der Waals surface area contributed by atoms with Crippen molar-refractivity contribution in [3.63, 3.8) is 0 Å². The van der Waals surface area contributed by atoms with Crippen LogP contribution in [0.25, 0.3) is 0 Å². The Kier molecular flexibility index (Phi) is 68.2. The van der Waals surface area contributed by atoms with Crippen molar-refractivity contribution in [1.82, 2.24) is 0 Å². The lowest BCUT2D eigenvalue weighted by molar-refractivity contribution is -0.167. The summed E-state index contributed by atoms with van der Waals surface area (Å²) in [5, 5.41) is 0. The number of allylic oxidation sites excluding steroid dienone is 14. The second-order valence-corrected chi connectivity index (χ2v) is 24.1. The van der Waals surface area contributed by atoms with Crippen LogP contribution in [0, 0.1) is 0 Å². The van der Waals surface area contributed by atoms with Gasteiger partial charge in [-0.25, -0.2) is 0 Å². The third-order valence-electron chi connectivity index (χ3n) is 15.9. The lowest BCUT2D eigenvalue weighted by Crippen LogP contribution is -2.30. The molecule has 0 heterocycles. The fourth-order valence-corrected chi connectivity index (χ4v) is 10.5. The molecule has 0 N–H and O–H groups in total. The van der Waals surface area contributed by atoms with Crippen LogP contribution in [0.4, 0.5) is 0 Å². The van der Waals surface area contributed by atoms with Gasteiger partial charge < -0.3 is 14.2 Å². The van der Waals surface area contributed by atoms with E-state index in [1.165, 1.54) is 225 Å². The normalized spacial score (nSPS) is 12.6. The van der Waals surface area contributed by atoms with E-state index >= 15 is 0 Å². The quantitative estimate of drug-likeness (QED) is 0.0261. The second-order valence-electron chi connectivity index (χ2n) is 24.1. The van der Waals surface area contributed by atoms with E-state index in [9.17, 15) is 14.4 Å². The van der Waals surface area contributed by atoms with Crippen molar-refractivity contribution in [1.29, 1.82) is 0 Å². The Hall–Kier alpha value is -3.41. The van der Waals surface area contributed by atoms with Crippen LogP contribution in [-0.4, -0.2) is 37.2 Å². The summed E-state index contributed by atoms with van der Waals surface area (Å²) >= 11 is 0. The Bertz CT molecular complexity index is 1570. The maximum atomic E-state index is 12.9. The van der Waals surface area contributed by atoms with Gasteiger partial charge in [-0.2, -0.15) is 0 Å². The topological polar surface area (TPSA) is 78.9 Å². The van der Waals surface area contributed by atoms with E-state index in [1.807, 2.05) is 0 Å². The van der Waals surface area contributed by atoms with E-state index < -0.39 is 6.10 Å². The van der Waals surface area contributed by atoms with Gasteiger partial charge >= 0.3 is 17.9 Å². The maximum Gasteiger partial charge on any atom is 0.306 e. The van der Waals surface area contributed by atoms with Gasteiger partial charge in [0, 0.05) is 19.3 Å². The number of unbranched alkanes of at least 4 members (excludes halogenated alkanes) is 41. The minimum Gasteiger partial charge on any atom is -0.462 e. The molecule has 0 spiro atoms. The van der Waals surface area contributed by atoms with Gasteiger partial charge in [-0.1, -0.05) is 337 Å². The molecule has 0 saturated heterocycles. The minimum atomic E-state index is -0.780. The van der Waals surface area contributed by atoms with E-state index in [1.54, 1.807) is 0 Å². The molecule has 0 saturated carbocycles. The number of ether oxygens (including phenoxy) is 3. The second kappa shape index (κ2) is 71.1. The fourth-order valence-electron chi connectivity index (χ4n) is 10.5. The van der Waals surface area contributed by atoms with Crippen LogP contribution in [0.3, 0.4) is 0 Å². The number of rotatable bonds is 66. The Balaban J connectivity index is 4.22. The van der Waals surface area contributed by atoms with Gasteiger partial charge in [0.1, 0.15) is 13.2 Å². The van der Waals surface area contributed by atoms with Gasteiger partial charge in [-0.05, 0) is 96.3 Å². The predicted octanol–water partition coefficient (Wildman–Crippen LogP) is 25.0. The molecule has 480 valence electrons. The van der Waals surface area contributed by atoms with E-state index in [2.05, 4.69) is 106 Å². The molecule has 1 unspecified atom stereocenters. The highest BCUT2D eigenvalue weighted by Crippen LogP contribution is 2.18. The number of hydrogen-bond donors (Lipinski definition) is 0. The molecule has 83 heavy (non-hydrogen) atoms. The van der Waals surface area contributed by atoms with Crippen LogP contribution in [0.2, 0.25) is 0 Å². The third-order valence-corrected chi connectivity index (χ3v) is 15.9. The first-order valence-electron chi connectivity index (χ1n) is 36.1. The number of carbonyl (C=O) groups is 3. The van der Waals surface area contributed by atoms with E-state index in [-0.39, 0.29) is 31.1 Å². The van der Waals surface area contributed by atoms with Crippen molar-refractivity contribution in [3.8, 4) is 0 Å². The summed E-state index contributed by atoms with van der Waals surface area (Å²) in [7, 11) is 0. The van der Waals surface area contributed by atoms with E-state index in [0.717, 1.165) is 103 Å². The highest BCUT2D eigenvalue weighted by atomic mass is 16.6.